The highest BCUT2D eigenvalue weighted by Crippen LogP contribution is 2.24. The predicted molar refractivity (Wildman–Crippen MR) is 92.8 cm³/mol. The Hall–Kier alpha value is -0.520. The Labute approximate surface area is 140 Å². The fourth-order valence-corrected chi connectivity index (χ4v) is 3.58. The molecule has 1 rings (SSSR count). The largest absolute Gasteiger partial charge is 0.465 e. The molecule has 1 N–H and O–H groups in total. The molecule has 0 spiro atoms. The molecule has 3 nitrogen and oxygen atoms in total. The first-order valence-electron chi connectivity index (χ1n) is 7.32. The van der Waals surface area contributed by atoms with Crippen LogP contribution >= 0.6 is 27.7 Å². The van der Waals surface area contributed by atoms with E-state index in [9.17, 15) is 4.79 Å². The van der Waals surface area contributed by atoms with Crippen molar-refractivity contribution in [2.45, 2.75) is 44.0 Å². The molecule has 0 fully saturated rings. The van der Waals surface area contributed by atoms with E-state index in [1.54, 1.807) is 0 Å². The molecule has 0 aliphatic rings. The monoisotopic (exact) mass is 373 g/mol. The first kappa shape index (κ1) is 18.5. The van der Waals surface area contributed by atoms with Gasteiger partial charge in [-0.1, -0.05) is 28.9 Å². The molecule has 5 heteroatoms. The van der Waals surface area contributed by atoms with Crippen molar-refractivity contribution in [3.63, 3.8) is 0 Å². The van der Waals surface area contributed by atoms with Crippen LogP contribution in [0.4, 0.5) is 0 Å². The normalized spacial score (nSPS) is 13.7. The third kappa shape index (κ3) is 6.41. The maximum atomic E-state index is 12.1. The van der Waals surface area contributed by atoms with Gasteiger partial charge in [0.15, 0.2) is 0 Å². The summed E-state index contributed by atoms with van der Waals surface area (Å²) in [7, 11) is 0. The number of carbonyl (C=O) groups excluding carboxylic acids is 1. The number of ether oxygens (including phenoxy) is 1. The molecule has 118 valence electrons. The summed E-state index contributed by atoms with van der Waals surface area (Å²) in [6.07, 6.45) is 1.74. The molecule has 0 saturated carbocycles. The average molecular weight is 374 g/mol. The lowest BCUT2D eigenvalue weighted by atomic mass is 9.96. The summed E-state index contributed by atoms with van der Waals surface area (Å²) in [5.41, 5.74) is -0.581. The van der Waals surface area contributed by atoms with Gasteiger partial charge in [0.1, 0.15) is 5.54 Å². The topological polar surface area (TPSA) is 38.3 Å². The predicted octanol–water partition coefficient (Wildman–Crippen LogP) is 4.25. The van der Waals surface area contributed by atoms with Gasteiger partial charge in [0.05, 0.1) is 6.61 Å². The molecule has 0 aromatic heterocycles. The van der Waals surface area contributed by atoms with Crippen LogP contribution < -0.4 is 5.32 Å². The van der Waals surface area contributed by atoms with Gasteiger partial charge in [-0.2, -0.15) is 0 Å². The van der Waals surface area contributed by atoms with Crippen molar-refractivity contribution < 1.29 is 9.53 Å². The second-order valence-electron chi connectivity index (χ2n) is 4.99. The van der Waals surface area contributed by atoms with Crippen molar-refractivity contribution in [3.05, 3.63) is 28.7 Å². The summed E-state index contributed by atoms with van der Waals surface area (Å²) in [5.74, 6) is 0.830. The van der Waals surface area contributed by atoms with Crippen LogP contribution in [0.25, 0.3) is 0 Å². The van der Waals surface area contributed by atoms with E-state index in [-0.39, 0.29) is 5.97 Å². The Morgan fingerprint density at radius 1 is 1.43 bits per heavy atom. The van der Waals surface area contributed by atoms with Gasteiger partial charge in [-0.05, 0) is 57.2 Å². The molecule has 1 aromatic carbocycles. The van der Waals surface area contributed by atoms with Gasteiger partial charge in [-0.25, -0.2) is 0 Å². The number of benzene rings is 1. The first-order chi connectivity index (χ1) is 10.0. The third-order valence-corrected chi connectivity index (χ3v) is 4.75. The molecule has 0 aliphatic carbocycles. The van der Waals surface area contributed by atoms with Gasteiger partial charge in [0.2, 0.25) is 0 Å². The van der Waals surface area contributed by atoms with Crippen LogP contribution in [0.2, 0.25) is 0 Å². The SMILES string of the molecule is CCNC(C)(CCCSc1cccc(Br)c1)C(=O)OCC. The summed E-state index contributed by atoms with van der Waals surface area (Å²) in [5, 5.41) is 3.26. The van der Waals surface area contributed by atoms with E-state index in [0.29, 0.717) is 6.61 Å². The number of thioether (sulfide) groups is 1. The van der Waals surface area contributed by atoms with E-state index in [1.165, 1.54) is 4.90 Å². The van der Waals surface area contributed by atoms with Crippen LogP contribution in [-0.4, -0.2) is 30.4 Å². The highest BCUT2D eigenvalue weighted by Gasteiger charge is 2.32. The number of rotatable bonds is 9. The average Bonchev–Trinajstić information content (AvgIpc) is 2.44. The summed E-state index contributed by atoms with van der Waals surface area (Å²) in [6, 6.07) is 8.27. The van der Waals surface area contributed by atoms with Crippen LogP contribution in [-0.2, 0) is 9.53 Å². The maximum absolute atomic E-state index is 12.1. The van der Waals surface area contributed by atoms with Crippen molar-refractivity contribution in [3.8, 4) is 0 Å². The van der Waals surface area contributed by atoms with Gasteiger partial charge >= 0.3 is 5.97 Å². The van der Waals surface area contributed by atoms with E-state index in [4.69, 9.17) is 4.74 Å². The lowest BCUT2D eigenvalue weighted by Crippen LogP contribution is -2.50. The minimum absolute atomic E-state index is 0.153. The minimum atomic E-state index is -0.581. The van der Waals surface area contributed by atoms with Crippen molar-refractivity contribution in [2.75, 3.05) is 18.9 Å². The molecule has 0 amide bonds. The molecular weight excluding hydrogens is 350 g/mol. The van der Waals surface area contributed by atoms with Gasteiger partial charge in [0, 0.05) is 9.37 Å². The molecule has 0 radical (unpaired) electrons. The first-order valence-corrected chi connectivity index (χ1v) is 9.10. The minimum Gasteiger partial charge on any atom is -0.465 e. The van der Waals surface area contributed by atoms with Crippen LogP contribution in [0, 0.1) is 0 Å². The standard InChI is InChI=1S/C16H24BrNO2S/c1-4-18-16(3,15(19)20-5-2)10-7-11-21-14-9-6-8-13(17)12-14/h6,8-9,12,18H,4-5,7,10-11H2,1-3H3. The second kappa shape index (κ2) is 9.49. The van der Waals surface area contributed by atoms with Crippen molar-refractivity contribution in [2.24, 2.45) is 0 Å². The van der Waals surface area contributed by atoms with Crippen LogP contribution in [0.3, 0.4) is 0 Å². The summed E-state index contributed by atoms with van der Waals surface area (Å²) >= 11 is 5.28. The Bertz CT molecular complexity index is 456. The van der Waals surface area contributed by atoms with E-state index in [2.05, 4.69) is 33.4 Å². The molecule has 1 aromatic rings. The van der Waals surface area contributed by atoms with Crippen LogP contribution in [0.1, 0.15) is 33.6 Å². The zero-order valence-electron chi connectivity index (χ0n) is 12.9. The van der Waals surface area contributed by atoms with Crippen LogP contribution in [0.5, 0.6) is 0 Å². The second-order valence-corrected chi connectivity index (χ2v) is 7.08. The summed E-state index contributed by atoms with van der Waals surface area (Å²) in [4.78, 5) is 13.3. The zero-order chi connectivity index (χ0) is 15.7. The summed E-state index contributed by atoms with van der Waals surface area (Å²) < 4.78 is 6.27. The molecule has 0 saturated heterocycles. The Balaban J connectivity index is 2.45. The highest BCUT2D eigenvalue weighted by molar-refractivity contribution is 9.10. The maximum Gasteiger partial charge on any atom is 0.326 e. The van der Waals surface area contributed by atoms with Gasteiger partial charge in [-0.3, -0.25) is 4.79 Å². The van der Waals surface area contributed by atoms with E-state index >= 15 is 0 Å². The van der Waals surface area contributed by atoms with Crippen molar-refractivity contribution >= 4 is 33.7 Å². The van der Waals surface area contributed by atoms with Crippen molar-refractivity contribution in [1.82, 2.24) is 5.32 Å². The number of hydrogen-bond acceptors (Lipinski definition) is 4. The Morgan fingerprint density at radius 3 is 2.81 bits per heavy atom. The number of halogens is 1. The van der Waals surface area contributed by atoms with Gasteiger partial charge < -0.3 is 10.1 Å². The smallest absolute Gasteiger partial charge is 0.326 e. The molecule has 0 bridgehead atoms. The van der Waals surface area contributed by atoms with E-state index < -0.39 is 5.54 Å². The number of carbonyl (C=O) groups is 1. The van der Waals surface area contributed by atoms with Gasteiger partial charge in [0.25, 0.3) is 0 Å². The number of hydrogen-bond donors (Lipinski definition) is 1. The van der Waals surface area contributed by atoms with E-state index in [1.807, 2.05) is 44.7 Å². The third-order valence-electron chi connectivity index (χ3n) is 3.18. The van der Waals surface area contributed by atoms with Crippen LogP contribution in [0.15, 0.2) is 33.6 Å². The fraction of sp³-hybridized carbons (Fsp3) is 0.562. The number of nitrogens with one attached hydrogen (secondary N) is 1. The number of likely N-dealkylation sites (N-methyl/N-ethyl adjacent to an activating group) is 1. The zero-order valence-corrected chi connectivity index (χ0v) is 15.4. The Kier molecular flexibility index (Phi) is 8.37. The Morgan fingerprint density at radius 2 is 2.19 bits per heavy atom. The number of esters is 1. The van der Waals surface area contributed by atoms with Gasteiger partial charge in [-0.15, -0.1) is 11.8 Å². The molecule has 0 heterocycles. The summed E-state index contributed by atoms with van der Waals surface area (Å²) in [6.45, 7) is 6.96. The highest BCUT2D eigenvalue weighted by atomic mass is 79.9. The fourth-order valence-electron chi connectivity index (χ4n) is 2.12. The lowest BCUT2D eigenvalue weighted by Gasteiger charge is -2.28. The van der Waals surface area contributed by atoms with Crippen molar-refractivity contribution in [1.29, 1.82) is 0 Å². The quantitative estimate of drug-likeness (QED) is 0.398. The molecule has 1 atom stereocenters. The molecule has 21 heavy (non-hydrogen) atoms. The molecule has 0 aliphatic heterocycles. The molecule has 1 unspecified atom stereocenters. The molecular formula is C16H24BrNO2S. The van der Waals surface area contributed by atoms with E-state index in [0.717, 1.165) is 29.6 Å². The lowest BCUT2D eigenvalue weighted by molar-refractivity contribution is -0.150.